The minimum absolute atomic E-state index is 0.0276. The first kappa shape index (κ1) is 57.1. The number of rotatable bonds is 28. The molecule has 358 valence electrons. The summed E-state index contributed by atoms with van der Waals surface area (Å²) >= 11 is 0. The molecule has 0 bridgehead atoms. The molecule has 3 atom stereocenters. The molecule has 1 fully saturated rings. The summed E-state index contributed by atoms with van der Waals surface area (Å²) in [6, 6.07) is 13.6. The molecule has 9 N–H and O–H groups in total. The molecule has 0 aliphatic carbocycles. The average Bonchev–Trinajstić information content (AvgIpc) is 4.08. The molecule has 0 spiro atoms. The molecule has 3 unspecified atom stereocenters. The van der Waals surface area contributed by atoms with E-state index in [4.69, 9.17) is 75.2 Å². The molecule has 5 rings (SSSR count). The second kappa shape index (κ2) is 36.5. The Bertz CT molecular complexity index is 1460. The first-order valence-electron chi connectivity index (χ1n) is 20.5. The molecule has 3 aliphatic rings. The number of benzene rings is 2. The Hall–Kier alpha value is -3.88. The van der Waals surface area contributed by atoms with Gasteiger partial charge in [-0.1, -0.05) is 24.3 Å². The lowest BCUT2D eigenvalue weighted by Crippen LogP contribution is -2.33. The number of fused-ring (bicyclic) bond motifs is 2. The summed E-state index contributed by atoms with van der Waals surface area (Å²) in [5.74, 6) is -1.06. The molecule has 0 radical (unpaired) electrons. The molecule has 4 amide bonds. The molecule has 21 nitrogen and oxygen atoms in total. The highest BCUT2D eigenvalue weighted by Crippen LogP contribution is 2.23. The fraction of sp³-hybridized carbons (Fsp3) is 0.619. The van der Waals surface area contributed by atoms with Crippen LogP contribution in [0, 0.1) is 0 Å². The quantitative estimate of drug-likeness (QED) is 0.0323. The maximum atomic E-state index is 12.1. The van der Waals surface area contributed by atoms with E-state index in [1.807, 2.05) is 0 Å². The lowest BCUT2D eigenvalue weighted by molar-refractivity contribution is -0.0344. The molecule has 3 aliphatic heterocycles. The largest absolute Gasteiger partial charge is 0.400 e. The summed E-state index contributed by atoms with van der Waals surface area (Å²) in [4.78, 5) is 50.8. The van der Waals surface area contributed by atoms with E-state index in [9.17, 15) is 19.2 Å². The predicted octanol–water partition coefficient (Wildman–Crippen LogP) is -1.46. The molecule has 0 aromatic heterocycles. The molecular formula is C42H69N5O16. The van der Waals surface area contributed by atoms with Crippen molar-refractivity contribution < 1.29 is 77.1 Å². The van der Waals surface area contributed by atoms with Gasteiger partial charge in [-0.2, -0.15) is 0 Å². The Morgan fingerprint density at radius 3 is 1.19 bits per heavy atom. The highest BCUT2D eigenvalue weighted by Gasteiger charge is 2.35. The molecule has 2 aromatic rings. The van der Waals surface area contributed by atoms with Crippen molar-refractivity contribution in [3.8, 4) is 0 Å². The van der Waals surface area contributed by atoms with E-state index in [2.05, 4.69) is 0 Å². The summed E-state index contributed by atoms with van der Waals surface area (Å²) < 4.78 is 46.5. The maximum absolute atomic E-state index is 12.1. The lowest BCUT2D eigenvalue weighted by Gasteiger charge is -2.14. The van der Waals surface area contributed by atoms with E-state index < -0.39 is 0 Å². The monoisotopic (exact) mass is 899 g/mol. The number of ether oxygens (including phenoxy) is 9. The Morgan fingerprint density at radius 2 is 0.889 bits per heavy atom. The van der Waals surface area contributed by atoms with E-state index in [0.717, 1.165) is 13.7 Å². The van der Waals surface area contributed by atoms with Crippen molar-refractivity contribution in [1.82, 2.24) is 9.80 Å². The van der Waals surface area contributed by atoms with Crippen molar-refractivity contribution >= 4 is 23.6 Å². The third-order valence-electron chi connectivity index (χ3n) is 8.61. The molecular weight excluding hydrogens is 830 g/mol. The number of carbonyl (C=O) groups is 4. The van der Waals surface area contributed by atoms with Gasteiger partial charge in [0.15, 0.2) is 0 Å². The second-order valence-corrected chi connectivity index (χ2v) is 13.1. The summed E-state index contributed by atoms with van der Waals surface area (Å²) in [6.07, 6.45) is -0.328. The number of carbonyl (C=O) groups excluding carboxylic acids is 4. The van der Waals surface area contributed by atoms with Gasteiger partial charge in [-0.05, 0) is 24.3 Å². The molecule has 1 saturated heterocycles. The number of epoxide rings is 1. The van der Waals surface area contributed by atoms with Crippen LogP contribution in [0.25, 0.3) is 0 Å². The SMILES string of the molecule is CO.COC(CO)COCCOCCN.COC(CO)COCCOCCN1C(=O)c2ccccc2C1=O.NCCN.O=C1c2ccccc2C(=O)N1CCOCCOCC1CO1. The molecule has 0 saturated carbocycles. The number of aliphatic hydroxyl groups excluding tert-OH is 3. The van der Waals surface area contributed by atoms with Gasteiger partial charge in [-0.25, -0.2) is 0 Å². The van der Waals surface area contributed by atoms with Crippen LogP contribution in [0.1, 0.15) is 41.4 Å². The number of hydrogen-bond donors (Lipinski definition) is 6. The zero-order chi connectivity index (χ0) is 46.7. The standard InChI is InChI=1S/C16H21NO6.C15H17NO5.C8H19NO4.C2H8N2.CH4O/c1-21-12(10-18)11-23-9-8-22-7-6-17-15(19)13-4-2-3-5-14(13)16(17)20;17-14-12-3-1-2-4-13(12)15(18)16(14)5-6-19-7-8-20-9-11-10-21-11;1-11-8(6-10)7-13-5-4-12-3-2-9;3-1-2-4;1-2/h2-5,12,18H,6-11H2,1H3;1-4,11H,5-10H2;8,10H,2-7,9H2,1H3;1-4H2;2H,1H3. The number of amides is 4. The van der Waals surface area contributed by atoms with Gasteiger partial charge in [0.2, 0.25) is 0 Å². The first-order chi connectivity index (χ1) is 30.7. The molecule has 21 heteroatoms. The van der Waals surface area contributed by atoms with Gasteiger partial charge in [0, 0.05) is 41.0 Å². The van der Waals surface area contributed by atoms with E-state index in [-0.39, 0.29) is 81.5 Å². The lowest BCUT2D eigenvalue weighted by atomic mass is 10.1. The topological polar surface area (TPSA) is 300 Å². The Balaban J connectivity index is 0.000000458. The van der Waals surface area contributed by atoms with Crippen molar-refractivity contribution in [2.75, 3.05) is 153 Å². The zero-order valence-corrected chi connectivity index (χ0v) is 36.8. The van der Waals surface area contributed by atoms with Gasteiger partial charge >= 0.3 is 0 Å². The van der Waals surface area contributed by atoms with Crippen LogP contribution in [-0.4, -0.2) is 220 Å². The smallest absolute Gasteiger partial charge is 0.261 e. The first-order valence-corrected chi connectivity index (χ1v) is 20.5. The van der Waals surface area contributed by atoms with E-state index >= 15 is 0 Å². The van der Waals surface area contributed by atoms with Crippen LogP contribution in [0.2, 0.25) is 0 Å². The fourth-order valence-electron chi connectivity index (χ4n) is 5.14. The third-order valence-corrected chi connectivity index (χ3v) is 8.61. The van der Waals surface area contributed by atoms with Gasteiger partial charge < -0.3 is 75.2 Å². The normalized spacial score (nSPS) is 15.5. The van der Waals surface area contributed by atoms with E-state index in [1.165, 1.54) is 24.0 Å². The van der Waals surface area contributed by atoms with Crippen molar-refractivity contribution in [2.24, 2.45) is 17.2 Å². The minimum Gasteiger partial charge on any atom is -0.400 e. The number of imide groups is 2. The fourth-order valence-corrected chi connectivity index (χ4v) is 5.14. The Labute approximate surface area is 369 Å². The summed E-state index contributed by atoms with van der Waals surface area (Å²) in [5, 5.41) is 24.6. The summed E-state index contributed by atoms with van der Waals surface area (Å²) in [6.45, 7) is 7.88. The van der Waals surface area contributed by atoms with Crippen molar-refractivity contribution in [3.63, 3.8) is 0 Å². The number of methoxy groups -OCH3 is 2. The highest BCUT2D eigenvalue weighted by atomic mass is 16.6. The molecule has 63 heavy (non-hydrogen) atoms. The number of hydrogen-bond acceptors (Lipinski definition) is 19. The van der Waals surface area contributed by atoms with Crippen molar-refractivity contribution in [1.29, 1.82) is 0 Å². The Kier molecular flexibility index (Phi) is 33.1. The van der Waals surface area contributed by atoms with Crippen LogP contribution in [0.3, 0.4) is 0 Å². The van der Waals surface area contributed by atoms with Gasteiger partial charge in [0.25, 0.3) is 23.6 Å². The minimum atomic E-state index is -0.339. The summed E-state index contributed by atoms with van der Waals surface area (Å²) in [7, 11) is 4.04. The van der Waals surface area contributed by atoms with Crippen LogP contribution in [-0.2, 0) is 42.6 Å². The number of aliphatic hydroxyl groups is 3. The highest BCUT2D eigenvalue weighted by molar-refractivity contribution is 6.22. The van der Waals surface area contributed by atoms with Crippen LogP contribution in [0.15, 0.2) is 48.5 Å². The maximum Gasteiger partial charge on any atom is 0.261 e. The van der Waals surface area contributed by atoms with Crippen LogP contribution in [0.4, 0.5) is 0 Å². The van der Waals surface area contributed by atoms with Gasteiger partial charge in [-0.15, -0.1) is 0 Å². The van der Waals surface area contributed by atoms with Crippen molar-refractivity contribution in [2.45, 2.75) is 18.3 Å². The summed E-state index contributed by atoms with van der Waals surface area (Å²) in [5.41, 5.74) is 16.8. The average molecular weight is 900 g/mol. The van der Waals surface area contributed by atoms with E-state index in [0.29, 0.717) is 108 Å². The number of nitrogens with two attached hydrogens (primary N) is 3. The second-order valence-electron chi connectivity index (χ2n) is 13.1. The van der Waals surface area contributed by atoms with Crippen LogP contribution < -0.4 is 17.2 Å². The van der Waals surface area contributed by atoms with E-state index in [1.54, 1.807) is 48.5 Å². The molecule has 3 heterocycles. The third kappa shape index (κ3) is 22.5. The van der Waals surface area contributed by atoms with Crippen LogP contribution in [0.5, 0.6) is 0 Å². The van der Waals surface area contributed by atoms with Crippen LogP contribution >= 0.6 is 0 Å². The Morgan fingerprint density at radius 1 is 0.556 bits per heavy atom. The van der Waals surface area contributed by atoms with Gasteiger partial charge in [-0.3, -0.25) is 29.0 Å². The molecule has 2 aromatic carbocycles. The van der Waals surface area contributed by atoms with Gasteiger partial charge in [0.1, 0.15) is 18.3 Å². The van der Waals surface area contributed by atoms with Crippen molar-refractivity contribution in [3.05, 3.63) is 70.8 Å². The predicted molar refractivity (Wildman–Crippen MR) is 229 cm³/mol. The van der Waals surface area contributed by atoms with Gasteiger partial charge in [0.05, 0.1) is 134 Å². The number of nitrogens with zero attached hydrogens (tertiary/aromatic N) is 2. The zero-order valence-electron chi connectivity index (χ0n) is 36.8.